The van der Waals surface area contributed by atoms with E-state index in [1.807, 2.05) is 0 Å². The molecule has 2 N–H and O–H groups in total. The summed E-state index contributed by atoms with van der Waals surface area (Å²) in [6, 6.07) is 0. The first kappa shape index (κ1) is 13.4. The molecule has 0 aromatic rings. The van der Waals surface area contributed by atoms with Gasteiger partial charge in [-0.05, 0) is 41.5 Å². The average molecular weight is 225 g/mol. The number of nitrogens with zero attached hydrogens (tertiary/aromatic N) is 2. The maximum Gasteiger partial charge on any atom is 0.142 e. The highest BCUT2D eigenvalue weighted by Crippen LogP contribution is 2.21. The van der Waals surface area contributed by atoms with Gasteiger partial charge in [-0.2, -0.15) is 0 Å². The predicted molar refractivity (Wildman–Crippen MR) is 68.3 cm³/mol. The van der Waals surface area contributed by atoms with E-state index < -0.39 is 0 Å². The lowest BCUT2D eigenvalue weighted by Crippen LogP contribution is -2.95. The van der Waals surface area contributed by atoms with Crippen LogP contribution in [-0.4, -0.2) is 34.0 Å². The van der Waals surface area contributed by atoms with Crippen molar-refractivity contribution >= 4 is 0 Å². The Balaban J connectivity index is 2.26. The fraction of sp³-hybridized carbons (Fsp3) is 0.769. The second kappa shape index (κ2) is 4.66. The third-order valence-corrected chi connectivity index (χ3v) is 2.61. The number of hydrogen-bond acceptors (Lipinski definition) is 2. The van der Waals surface area contributed by atoms with E-state index in [0.717, 1.165) is 13.1 Å². The highest BCUT2D eigenvalue weighted by Gasteiger charge is 2.24. The van der Waals surface area contributed by atoms with Crippen molar-refractivity contribution in [3.63, 3.8) is 0 Å². The molecule has 0 aromatic heterocycles. The average Bonchev–Trinajstić information content (AvgIpc) is 2.49. The van der Waals surface area contributed by atoms with Crippen molar-refractivity contribution in [1.29, 1.82) is 0 Å². The highest BCUT2D eigenvalue weighted by molar-refractivity contribution is 5.01. The molecule has 1 aliphatic heterocycles. The summed E-state index contributed by atoms with van der Waals surface area (Å²) in [5.41, 5.74) is 0.506. The maximum atomic E-state index is 2.38. The minimum atomic E-state index is 0.180. The molecule has 3 heteroatoms. The van der Waals surface area contributed by atoms with Crippen LogP contribution in [0, 0.1) is 6.67 Å². The van der Waals surface area contributed by atoms with Crippen LogP contribution in [-0.2, 0) is 0 Å². The molecule has 0 spiro atoms. The molecule has 0 fully saturated rings. The van der Waals surface area contributed by atoms with Gasteiger partial charge in [0, 0.05) is 17.9 Å². The van der Waals surface area contributed by atoms with Crippen molar-refractivity contribution in [2.75, 3.05) is 13.1 Å². The van der Waals surface area contributed by atoms with E-state index in [1.54, 1.807) is 0 Å². The molecule has 0 aromatic carbocycles. The van der Waals surface area contributed by atoms with Gasteiger partial charge in [0.05, 0.1) is 18.6 Å². The molecule has 16 heavy (non-hydrogen) atoms. The van der Waals surface area contributed by atoms with E-state index >= 15 is 0 Å². The topological polar surface area (TPSA) is 23.1 Å². The summed E-state index contributed by atoms with van der Waals surface area (Å²) < 4.78 is 0. The summed E-state index contributed by atoms with van der Waals surface area (Å²) in [6.07, 6.45) is 4.30. The molecular formula is C13H27N3+. The molecule has 0 atom stereocenters. The Morgan fingerprint density at radius 2 is 1.62 bits per heavy atom. The molecule has 0 saturated carbocycles. The summed E-state index contributed by atoms with van der Waals surface area (Å²) in [5, 5.41) is 2.38. The Kier molecular flexibility index (Phi) is 3.89. The van der Waals surface area contributed by atoms with Crippen molar-refractivity contribution in [3.05, 3.63) is 19.1 Å². The molecule has 0 bridgehead atoms. The van der Waals surface area contributed by atoms with Gasteiger partial charge in [-0.25, -0.2) is 0 Å². The van der Waals surface area contributed by atoms with Gasteiger partial charge in [-0.1, -0.05) is 0 Å². The minimum Gasteiger partial charge on any atom is -0.348 e. The molecule has 0 saturated heterocycles. The van der Waals surface area contributed by atoms with Gasteiger partial charge >= 0.3 is 0 Å². The fourth-order valence-corrected chi connectivity index (χ4v) is 1.57. The van der Waals surface area contributed by atoms with Crippen LogP contribution in [0.5, 0.6) is 0 Å². The van der Waals surface area contributed by atoms with Gasteiger partial charge < -0.3 is 15.1 Å². The van der Waals surface area contributed by atoms with E-state index in [4.69, 9.17) is 0 Å². The van der Waals surface area contributed by atoms with E-state index in [1.165, 1.54) is 0 Å². The largest absolute Gasteiger partial charge is 0.348 e. The normalized spacial score (nSPS) is 17.4. The van der Waals surface area contributed by atoms with Crippen LogP contribution in [0.3, 0.4) is 0 Å². The zero-order valence-corrected chi connectivity index (χ0v) is 11.6. The molecule has 1 radical (unpaired) electrons. The van der Waals surface area contributed by atoms with Crippen molar-refractivity contribution in [2.24, 2.45) is 0 Å². The fourth-order valence-electron chi connectivity index (χ4n) is 1.57. The second-order valence-electron chi connectivity index (χ2n) is 6.59. The van der Waals surface area contributed by atoms with E-state index in [2.05, 4.69) is 75.7 Å². The molecule has 0 aliphatic carbocycles. The Morgan fingerprint density at radius 3 is 2.06 bits per heavy atom. The van der Waals surface area contributed by atoms with Crippen LogP contribution in [0.4, 0.5) is 0 Å². The molecule has 1 aliphatic rings. The molecule has 1 rings (SSSR count). The van der Waals surface area contributed by atoms with Crippen molar-refractivity contribution in [1.82, 2.24) is 9.80 Å². The lowest BCUT2D eigenvalue weighted by atomic mass is 10.1. The molecule has 0 unspecified atom stereocenters. The zero-order valence-electron chi connectivity index (χ0n) is 11.6. The monoisotopic (exact) mass is 225 g/mol. The third-order valence-electron chi connectivity index (χ3n) is 2.61. The molecule has 0 amide bonds. The van der Waals surface area contributed by atoms with Crippen LogP contribution in [0.25, 0.3) is 0 Å². The summed E-state index contributed by atoms with van der Waals surface area (Å²) in [7, 11) is 0. The number of rotatable bonds is 3. The Bertz CT molecular complexity index is 245. The molecule has 3 nitrogen and oxygen atoms in total. The van der Waals surface area contributed by atoms with Crippen LogP contribution < -0.4 is 5.32 Å². The van der Waals surface area contributed by atoms with E-state index in [-0.39, 0.29) is 5.54 Å². The van der Waals surface area contributed by atoms with Gasteiger partial charge in [-0.3, -0.25) is 0 Å². The first-order chi connectivity index (χ1) is 7.18. The summed E-state index contributed by atoms with van der Waals surface area (Å²) in [5.74, 6) is 0. The molecule has 1 heterocycles. The van der Waals surface area contributed by atoms with Gasteiger partial charge in [-0.15, -0.1) is 0 Å². The lowest BCUT2D eigenvalue weighted by molar-refractivity contribution is -0.716. The Labute approximate surface area is 100 Å². The van der Waals surface area contributed by atoms with Gasteiger partial charge in [0.2, 0.25) is 0 Å². The third kappa shape index (κ3) is 4.44. The van der Waals surface area contributed by atoms with Crippen molar-refractivity contribution in [2.45, 2.75) is 52.6 Å². The SMILES string of the molecule is CC(C)(C)[NH2+]CCN1[CH]N(C(C)(C)C)C=C1. The smallest absolute Gasteiger partial charge is 0.142 e. The summed E-state index contributed by atoms with van der Waals surface area (Å²) >= 11 is 0. The maximum absolute atomic E-state index is 2.38. The number of hydrogen-bond donors (Lipinski definition) is 1. The molecular weight excluding hydrogens is 198 g/mol. The Morgan fingerprint density at radius 1 is 1.00 bits per heavy atom. The lowest BCUT2D eigenvalue weighted by Gasteiger charge is -2.32. The minimum absolute atomic E-state index is 0.180. The van der Waals surface area contributed by atoms with E-state index in [0.29, 0.717) is 5.54 Å². The molecule has 93 valence electrons. The Hall–Kier alpha value is -0.700. The van der Waals surface area contributed by atoms with E-state index in [9.17, 15) is 0 Å². The first-order valence-corrected chi connectivity index (χ1v) is 6.10. The summed E-state index contributed by atoms with van der Waals surface area (Å²) in [4.78, 5) is 4.51. The van der Waals surface area contributed by atoms with Crippen LogP contribution in [0.1, 0.15) is 41.5 Å². The number of nitrogens with two attached hydrogens (primary N) is 1. The number of quaternary nitrogens is 1. The van der Waals surface area contributed by atoms with Gasteiger partial charge in [0.15, 0.2) is 0 Å². The standard InChI is InChI=1S/C13H26N3/c1-12(2,3)14-7-8-15-9-10-16(11-15)13(4,5)6/h9-11,14H,7-8H2,1-6H3/p+1. The van der Waals surface area contributed by atoms with Crippen LogP contribution in [0.2, 0.25) is 0 Å². The zero-order chi connectivity index (χ0) is 12.4. The predicted octanol–water partition coefficient (Wildman–Crippen LogP) is 1.35. The van der Waals surface area contributed by atoms with Gasteiger partial charge in [0.1, 0.15) is 6.67 Å². The van der Waals surface area contributed by atoms with Crippen molar-refractivity contribution in [3.8, 4) is 0 Å². The van der Waals surface area contributed by atoms with Crippen molar-refractivity contribution < 1.29 is 5.32 Å². The summed E-state index contributed by atoms with van der Waals surface area (Å²) in [6.45, 7) is 17.8. The first-order valence-electron chi connectivity index (χ1n) is 6.10. The quantitative estimate of drug-likeness (QED) is 0.784. The van der Waals surface area contributed by atoms with Gasteiger partial charge in [0.25, 0.3) is 0 Å². The highest BCUT2D eigenvalue weighted by atomic mass is 15.4. The van der Waals surface area contributed by atoms with Crippen LogP contribution >= 0.6 is 0 Å². The second-order valence-corrected chi connectivity index (χ2v) is 6.59. The van der Waals surface area contributed by atoms with Crippen LogP contribution in [0.15, 0.2) is 12.4 Å².